The van der Waals surface area contributed by atoms with E-state index in [1.54, 1.807) is 31.2 Å². The van der Waals surface area contributed by atoms with Crippen LogP contribution in [0.4, 0.5) is 18.9 Å². The van der Waals surface area contributed by atoms with Gasteiger partial charge in [0.15, 0.2) is 18.1 Å². The summed E-state index contributed by atoms with van der Waals surface area (Å²) in [5, 5.41) is 6.65. The second-order valence-corrected chi connectivity index (χ2v) is 7.96. The molecular weight excluding hydrogens is 487 g/mol. The van der Waals surface area contributed by atoms with Crippen molar-refractivity contribution in [1.82, 2.24) is 5.43 Å². The van der Waals surface area contributed by atoms with Crippen LogP contribution in [-0.2, 0) is 22.2 Å². The van der Waals surface area contributed by atoms with E-state index < -0.39 is 17.6 Å². The van der Waals surface area contributed by atoms with E-state index in [1.807, 2.05) is 25.1 Å². The molecule has 3 rings (SSSR count). The largest absolute Gasteiger partial charge is 0.490 e. The van der Waals surface area contributed by atoms with Crippen molar-refractivity contribution < 1.29 is 32.2 Å². The molecule has 0 aliphatic rings. The first-order valence-electron chi connectivity index (χ1n) is 11.4. The number of nitrogens with zero attached hydrogens (tertiary/aromatic N) is 1. The normalized spacial score (nSPS) is 11.3. The number of ether oxygens (including phenoxy) is 2. The molecule has 0 spiro atoms. The average molecular weight is 514 g/mol. The van der Waals surface area contributed by atoms with Crippen molar-refractivity contribution in [3.05, 3.63) is 89.0 Å². The van der Waals surface area contributed by atoms with Gasteiger partial charge in [-0.2, -0.15) is 18.3 Å². The fraction of sp³-hybridized carbons (Fsp3) is 0.222. The van der Waals surface area contributed by atoms with Gasteiger partial charge in [-0.15, -0.1) is 0 Å². The van der Waals surface area contributed by atoms with Crippen LogP contribution in [-0.4, -0.2) is 31.2 Å². The van der Waals surface area contributed by atoms with Crippen molar-refractivity contribution in [2.45, 2.75) is 26.4 Å². The zero-order valence-electron chi connectivity index (χ0n) is 20.3. The maximum atomic E-state index is 12.8. The van der Waals surface area contributed by atoms with Gasteiger partial charge in [-0.25, -0.2) is 5.43 Å². The van der Waals surface area contributed by atoms with Gasteiger partial charge in [-0.05, 0) is 60.9 Å². The second kappa shape index (κ2) is 12.6. The smallest absolute Gasteiger partial charge is 0.416 e. The standard InChI is InChI=1S/C27H26F3N3O4/c1-3-36-24-14-20(11-12-23(24)37-17-26(35)32-22-10-5-4-7-18(22)2)16-31-33-25(34)15-19-8-6-9-21(13-19)27(28,29)30/h4-14,16H,3,15,17H2,1-2H3,(H,32,35)(H,33,34)/b31-16+. The van der Waals surface area contributed by atoms with Crippen LogP contribution in [0.25, 0.3) is 0 Å². The second-order valence-electron chi connectivity index (χ2n) is 7.96. The fourth-order valence-corrected chi connectivity index (χ4v) is 3.30. The topological polar surface area (TPSA) is 89.0 Å². The van der Waals surface area contributed by atoms with Crippen molar-refractivity contribution in [3.8, 4) is 11.5 Å². The van der Waals surface area contributed by atoms with E-state index in [-0.39, 0.29) is 24.5 Å². The Balaban J connectivity index is 1.57. The van der Waals surface area contributed by atoms with Gasteiger partial charge in [0.2, 0.25) is 5.91 Å². The van der Waals surface area contributed by atoms with Crippen LogP contribution in [0.3, 0.4) is 0 Å². The monoisotopic (exact) mass is 513 g/mol. The molecule has 10 heteroatoms. The highest BCUT2D eigenvalue weighted by Crippen LogP contribution is 2.30. The van der Waals surface area contributed by atoms with Gasteiger partial charge in [0.25, 0.3) is 5.91 Å². The fourth-order valence-electron chi connectivity index (χ4n) is 3.30. The summed E-state index contributed by atoms with van der Waals surface area (Å²) in [6.45, 7) is 3.80. The molecule has 0 saturated heterocycles. The molecule has 0 radical (unpaired) electrons. The lowest BCUT2D eigenvalue weighted by Gasteiger charge is -2.13. The summed E-state index contributed by atoms with van der Waals surface area (Å²) < 4.78 is 49.7. The van der Waals surface area contributed by atoms with Gasteiger partial charge in [-0.3, -0.25) is 9.59 Å². The van der Waals surface area contributed by atoms with Gasteiger partial charge in [0, 0.05) is 5.69 Å². The molecule has 2 N–H and O–H groups in total. The first kappa shape index (κ1) is 27.3. The van der Waals surface area contributed by atoms with Crippen LogP contribution in [0.1, 0.15) is 29.2 Å². The van der Waals surface area contributed by atoms with Gasteiger partial charge in [-0.1, -0.05) is 36.4 Å². The minimum Gasteiger partial charge on any atom is -0.490 e. The van der Waals surface area contributed by atoms with E-state index in [4.69, 9.17) is 9.47 Å². The number of carbonyl (C=O) groups excluding carboxylic acids is 2. The maximum absolute atomic E-state index is 12.8. The van der Waals surface area contributed by atoms with E-state index >= 15 is 0 Å². The molecule has 2 amide bonds. The van der Waals surface area contributed by atoms with E-state index in [2.05, 4.69) is 15.8 Å². The molecule has 37 heavy (non-hydrogen) atoms. The minimum absolute atomic E-state index is 0.217. The van der Waals surface area contributed by atoms with Crippen molar-refractivity contribution in [2.75, 3.05) is 18.5 Å². The Hall–Kier alpha value is -4.34. The zero-order chi connectivity index (χ0) is 26.8. The Morgan fingerprint density at radius 1 is 0.946 bits per heavy atom. The highest BCUT2D eigenvalue weighted by molar-refractivity contribution is 5.92. The van der Waals surface area contributed by atoms with E-state index in [9.17, 15) is 22.8 Å². The van der Waals surface area contributed by atoms with Crippen molar-refractivity contribution in [2.24, 2.45) is 5.10 Å². The number of para-hydroxylation sites is 1. The molecular formula is C27H26F3N3O4. The molecule has 0 fully saturated rings. The molecule has 3 aromatic carbocycles. The highest BCUT2D eigenvalue weighted by Gasteiger charge is 2.30. The molecule has 0 unspecified atom stereocenters. The maximum Gasteiger partial charge on any atom is 0.416 e. The number of carbonyl (C=O) groups is 2. The molecule has 0 bridgehead atoms. The summed E-state index contributed by atoms with van der Waals surface area (Å²) in [5.41, 5.74) is 3.89. The minimum atomic E-state index is -4.48. The number of halogens is 3. The van der Waals surface area contributed by atoms with Crippen molar-refractivity contribution in [1.29, 1.82) is 0 Å². The predicted octanol–water partition coefficient (Wildman–Crippen LogP) is 5.12. The molecule has 3 aromatic rings. The molecule has 7 nitrogen and oxygen atoms in total. The molecule has 0 aromatic heterocycles. The first-order valence-corrected chi connectivity index (χ1v) is 11.4. The molecule has 0 heterocycles. The number of nitrogens with one attached hydrogen (secondary N) is 2. The Morgan fingerprint density at radius 3 is 2.46 bits per heavy atom. The van der Waals surface area contributed by atoms with Crippen LogP contribution in [0.15, 0.2) is 71.8 Å². The number of alkyl halides is 3. The Kier molecular flexibility index (Phi) is 9.26. The van der Waals surface area contributed by atoms with Crippen LogP contribution in [0, 0.1) is 6.92 Å². The lowest BCUT2D eigenvalue weighted by molar-refractivity contribution is -0.137. The van der Waals surface area contributed by atoms with Gasteiger partial charge >= 0.3 is 6.18 Å². The summed E-state index contributed by atoms with van der Waals surface area (Å²) in [4.78, 5) is 24.4. The zero-order valence-corrected chi connectivity index (χ0v) is 20.3. The third-order valence-corrected chi connectivity index (χ3v) is 5.07. The van der Waals surface area contributed by atoms with Crippen LogP contribution >= 0.6 is 0 Å². The molecule has 0 aliphatic heterocycles. The number of benzene rings is 3. The number of hydrazone groups is 1. The molecule has 0 saturated carbocycles. The van der Waals surface area contributed by atoms with Crippen molar-refractivity contribution in [3.63, 3.8) is 0 Å². The number of amides is 2. The van der Waals surface area contributed by atoms with Crippen LogP contribution in [0.2, 0.25) is 0 Å². The first-order chi connectivity index (χ1) is 17.7. The number of hydrogen-bond donors (Lipinski definition) is 2. The predicted molar refractivity (Wildman–Crippen MR) is 134 cm³/mol. The summed E-state index contributed by atoms with van der Waals surface area (Å²) in [6.07, 6.45) is -3.38. The summed E-state index contributed by atoms with van der Waals surface area (Å²) >= 11 is 0. The quantitative estimate of drug-likeness (QED) is 0.291. The van der Waals surface area contributed by atoms with Crippen molar-refractivity contribution >= 4 is 23.7 Å². The Bertz CT molecular complexity index is 1280. The van der Waals surface area contributed by atoms with Gasteiger partial charge in [0.1, 0.15) is 0 Å². The number of aryl methyl sites for hydroxylation is 1. The summed E-state index contributed by atoms with van der Waals surface area (Å²) in [7, 11) is 0. The van der Waals surface area contributed by atoms with E-state index in [0.717, 1.165) is 17.7 Å². The van der Waals surface area contributed by atoms with Crippen LogP contribution < -0.4 is 20.2 Å². The third-order valence-electron chi connectivity index (χ3n) is 5.07. The summed E-state index contributed by atoms with van der Waals surface area (Å²) in [5.74, 6) is -0.163. The number of anilines is 1. The summed E-state index contributed by atoms with van der Waals surface area (Å²) in [6, 6.07) is 16.8. The number of hydrogen-bond acceptors (Lipinski definition) is 5. The van der Waals surface area contributed by atoms with E-state index in [1.165, 1.54) is 18.3 Å². The van der Waals surface area contributed by atoms with Gasteiger partial charge in [0.05, 0.1) is 24.8 Å². The molecule has 0 aliphatic carbocycles. The molecule has 194 valence electrons. The Labute approximate surface area is 212 Å². The third kappa shape index (κ3) is 8.38. The Morgan fingerprint density at radius 2 is 1.73 bits per heavy atom. The highest BCUT2D eigenvalue weighted by atomic mass is 19.4. The molecule has 0 atom stereocenters. The van der Waals surface area contributed by atoms with Gasteiger partial charge < -0.3 is 14.8 Å². The number of rotatable bonds is 10. The lowest BCUT2D eigenvalue weighted by atomic mass is 10.1. The SMILES string of the molecule is CCOc1cc(/C=N/NC(=O)Cc2cccc(C(F)(F)F)c2)ccc1OCC(=O)Nc1ccccc1C. The van der Waals surface area contributed by atoms with Crippen LogP contribution in [0.5, 0.6) is 11.5 Å². The van der Waals surface area contributed by atoms with E-state index in [0.29, 0.717) is 29.4 Å². The lowest BCUT2D eigenvalue weighted by Crippen LogP contribution is -2.21. The average Bonchev–Trinajstić information content (AvgIpc) is 2.85.